The highest BCUT2D eigenvalue weighted by molar-refractivity contribution is 5.76. The zero-order valence-electron chi connectivity index (χ0n) is 11.7. The third-order valence-electron chi connectivity index (χ3n) is 2.86. The first-order valence-corrected chi connectivity index (χ1v) is 6.79. The van der Waals surface area contributed by atoms with Crippen LogP contribution in [-0.2, 0) is 17.6 Å². The second-order valence-corrected chi connectivity index (χ2v) is 4.62. The largest absolute Gasteiger partial charge is 0.347 e. The van der Waals surface area contributed by atoms with E-state index in [0.717, 1.165) is 18.7 Å². The lowest BCUT2D eigenvalue weighted by Crippen LogP contribution is -2.27. The molecule has 0 saturated carbocycles. The van der Waals surface area contributed by atoms with Gasteiger partial charge in [-0.1, -0.05) is 12.1 Å². The van der Waals surface area contributed by atoms with Crippen molar-refractivity contribution in [3.63, 3.8) is 0 Å². The van der Waals surface area contributed by atoms with Crippen LogP contribution in [0.5, 0.6) is 0 Å². The summed E-state index contributed by atoms with van der Waals surface area (Å²) in [6, 6.07) is -0.143. The van der Waals surface area contributed by atoms with Crippen molar-refractivity contribution in [2.24, 2.45) is 0 Å². The van der Waals surface area contributed by atoms with Gasteiger partial charge in [-0.25, -0.2) is 4.98 Å². The lowest BCUT2D eigenvalue weighted by atomic mass is 10.2. The fraction of sp³-hybridized carbons (Fsp3) is 0.538. The number of aromatic nitrogens is 4. The van der Waals surface area contributed by atoms with Crippen molar-refractivity contribution in [3.8, 4) is 0 Å². The van der Waals surface area contributed by atoms with Crippen molar-refractivity contribution < 1.29 is 9.32 Å². The van der Waals surface area contributed by atoms with Gasteiger partial charge in [0.2, 0.25) is 11.8 Å². The molecular weight excluding hydrogens is 258 g/mol. The first kappa shape index (κ1) is 14.2. The fourth-order valence-corrected chi connectivity index (χ4v) is 1.83. The van der Waals surface area contributed by atoms with E-state index >= 15 is 0 Å². The van der Waals surface area contributed by atoms with E-state index in [9.17, 15) is 4.79 Å². The number of hydrogen-bond donors (Lipinski definition) is 2. The van der Waals surface area contributed by atoms with Gasteiger partial charge in [0.05, 0.1) is 6.04 Å². The number of nitrogens with zero attached hydrogens (tertiary/aromatic N) is 3. The van der Waals surface area contributed by atoms with Crippen LogP contribution in [0.15, 0.2) is 16.9 Å². The van der Waals surface area contributed by atoms with Gasteiger partial charge < -0.3 is 14.8 Å². The number of aromatic amines is 1. The van der Waals surface area contributed by atoms with Gasteiger partial charge in [0.25, 0.3) is 0 Å². The minimum absolute atomic E-state index is 0.0656. The van der Waals surface area contributed by atoms with Gasteiger partial charge in [0.1, 0.15) is 5.82 Å². The lowest BCUT2D eigenvalue weighted by Gasteiger charge is -2.10. The number of aryl methyl sites for hydroxylation is 2. The Balaban J connectivity index is 1.77. The summed E-state index contributed by atoms with van der Waals surface area (Å²) >= 11 is 0. The van der Waals surface area contributed by atoms with E-state index < -0.39 is 0 Å². The number of hydrogen-bond acceptors (Lipinski definition) is 5. The van der Waals surface area contributed by atoms with Crippen molar-refractivity contribution in [1.29, 1.82) is 0 Å². The number of rotatable bonds is 7. The minimum Gasteiger partial charge on any atom is -0.347 e. The van der Waals surface area contributed by atoms with Crippen LogP contribution in [0.3, 0.4) is 0 Å². The predicted molar refractivity (Wildman–Crippen MR) is 71.8 cm³/mol. The average molecular weight is 277 g/mol. The molecule has 0 aromatic carbocycles. The normalized spacial score (nSPS) is 12.3. The molecule has 0 saturated heterocycles. The van der Waals surface area contributed by atoms with Gasteiger partial charge in [-0.05, 0) is 13.3 Å². The zero-order chi connectivity index (χ0) is 14.4. The van der Waals surface area contributed by atoms with Crippen LogP contribution in [0.2, 0.25) is 0 Å². The Kier molecular flexibility index (Phi) is 4.86. The lowest BCUT2D eigenvalue weighted by molar-refractivity contribution is -0.121. The topological polar surface area (TPSA) is 96.7 Å². The van der Waals surface area contributed by atoms with Gasteiger partial charge >= 0.3 is 0 Å². The van der Waals surface area contributed by atoms with Crippen molar-refractivity contribution in [2.45, 2.75) is 45.6 Å². The number of nitrogens with one attached hydrogen (secondary N) is 2. The summed E-state index contributed by atoms with van der Waals surface area (Å²) in [5, 5.41) is 6.71. The predicted octanol–water partition coefficient (Wildman–Crippen LogP) is 1.56. The standard InChI is InChI=1S/C13H19N5O2/c1-3-4-10-17-12(20-18-10)6-5-11(19)16-9(2)13-14-7-8-15-13/h7-9H,3-6H2,1-2H3,(H,14,15)(H,16,19). The molecule has 1 unspecified atom stereocenters. The van der Waals surface area contributed by atoms with Gasteiger partial charge in [-0.2, -0.15) is 4.98 Å². The highest BCUT2D eigenvalue weighted by atomic mass is 16.5. The summed E-state index contributed by atoms with van der Waals surface area (Å²) in [6.45, 7) is 3.93. The van der Waals surface area contributed by atoms with Crippen LogP contribution >= 0.6 is 0 Å². The van der Waals surface area contributed by atoms with Crippen molar-refractivity contribution >= 4 is 5.91 Å². The Hall–Kier alpha value is -2.18. The van der Waals surface area contributed by atoms with E-state index in [-0.39, 0.29) is 11.9 Å². The summed E-state index contributed by atoms with van der Waals surface area (Å²) < 4.78 is 5.09. The molecule has 0 aliphatic heterocycles. The van der Waals surface area contributed by atoms with Crippen LogP contribution in [-0.4, -0.2) is 26.0 Å². The van der Waals surface area contributed by atoms with E-state index in [2.05, 4.69) is 32.3 Å². The molecule has 7 heteroatoms. The third-order valence-corrected chi connectivity index (χ3v) is 2.86. The summed E-state index contributed by atoms with van der Waals surface area (Å²) in [7, 11) is 0. The Morgan fingerprint density at radius 2 is 2.35 bits per heavy atom. The molecule has 7 nitrogen and oxygen atoms in total. The zero-order valence-corrected chi connectivity index (χ0v) is 11.7. The Morgan fingerprint density at radius 1 is 1.50 bits per heavy atom. The van der Waals surface area contributed by atoms with Crippen LogP contribution in [0, 0.1) is 0 Å². The fourth-order valence-electron chi connectivity index (χ4n) is 1.83. The molecule has 108 valence electrons. The maximum atomic E-state index is 11.8. The summed E-state index contributed by atoms with van der Waals surface area (Å²) in [5.74, 6) is 1.88. The summed E-state index contributed by atoms with van der Waals surface area (Å²) in [6.07, 6.45) is 5.93. The Bertz CT molecular complexity index is 535. The van der Waals surface area contributed by atoms with Crippen LogP contribution in [0.25, 0.3) is 0 Å². The molecule has 20 heavy (non-hydrogen) atoms. The number of amides is 1. The number of imidazole rings is 1. The van der Waals surface area contributed by atoms with Gasteiger partial charge in [0.15, 0.2) is 5.82 Å². The quantitative estimate of drug-likeness (QED) is 0.800. The van der Waals surface area contributed by atoms with Gasteiger partial charge in [-0.3, -0.25) is 4.79 Å². The molecule has 2 aromatic heterocycles. The van der Waals surface area contributed by atoms with E-state index in [0.29, 0.717) is 24.6 Å². The van der Waals surface area contributed by atoms with Gasteiger partial charge in [0, 0.05) is 31.7 Å². The maximum Gasteiger partial charge on any atom is 0.227 e. The van der Waals surface area contributed by atoms with Crippen LogP contribution in [0.1, 0.15) is 50.3 Å². The van der Waals surface area contributed by atoms with Crippen molar-refractivity contribution in [2.75, 3.05) is 0 Å². The molecule has 0 aliphatic rings. The molecule has 0 radical (unpaired) electrons. The molecule has 2 N–H and O–H groups in total. The highest BCUT2D eigenvalue weighted by Gasteiger charge is 2.13. The van der Waals surface area contributed by atoms with Gasteiger partial charge in [-0.15, -0.1) is 0 Å². The first-order chi connectivity index (χ1) is 9.69. The summed E-state index contributed by atoms with van der Waals surface area (Å²) in [5.41, 5.74) is 0. The molecule has 2 rings (SSSR count). The van der Waals surface area contributed by atoms with Crippen molar-refractivity contribution in [3.05, 3.63) is 29.9 Å². The number of carbonyl (C=O) groups excluding carboxylic acids is 1. The van der Waals surface area contributed by atoms with E-state index in [4.69, 9.17) is 4.52 Å². The van der Waals surface area contributed by atoms with E-state index in [1.807, 2.05) is 6.92 Å². The van der Waals surface area contributed by atoms with Crippen LogP contribution < -0.4 is 5.32 Å². The second-order valence-electron chi connectivity index (χ2n) is 4.62. The number of H-pyrrole nitrogens is 1. The van der Waals surface area contributed by atoms with E-state index in [1.54, 1.807) is 12.4 Å². The molecule has 2 aromatic rings. The Labute approximate surface area is 117 Å². The minimum atomic E-state index is -0.143. The Morgan fingerprint density at radius 3 is 3.05 bits per heavy atom. The van der Waals surface area contributed by atoms with E-state index in [1.165, 1.54) is 0 Å². The number of carbonyl (C=O) groups is 1. The maximum absolute atomic E-state index is 11.8. The molecule has 0 spiro atoms. The highest BCUT2D eigenvalue weighted by Crippen LogP contribution is 2.07. The summed E-state index contributed by atoms with van der Waals surface area (Å²) in [4.78, 5) is 23.1. The molecule has 2 heterocycles. The van der Waals surface area contributed by atoms with Crippen LogP contribution in [0.4, 0.5) is 0 Å². The van der Waals surface area contributed by atoms with Crippen molar-refractivity contribution in [1.82, 2.24) is 25.4 Å². The monoisotopic (exact) mass is 277 g/mol. The molecule has 0 fully saturated rings. The molecule has 0 aliphatic carbocycles. The molecule has 0 bridgehead atoms. The SMILES string of the molecule is CCCc1noc(CCC(=O)NC(C)c2ncc[nH]2)n1. The first-order valence-electron chi connectivity index (χ1n) is 6.79. The molecule has 1 amide bonds. The second kappa shape index (κ2) is 6.83. The third kappa shape index (κ3) is 3.91. The average Bonchev–Trinajstić information content (AvgIpc) is 3.08. The molecule has 1 atom stereocenters. The molecular formula is C13H19N5O2. The smallest absolute Gasteiger partial charge is 0.227 e.